The number of rotatable bonds is 4. The highest BCUT2D eigenvalue weighted by Crippen LogP contribution is 2.34. The van der Waals surface area contributed by atoms with Crippen molar-refractivity contribution in [2.45, 2.75) is 6.92 Å². The van der Waals surface area contributed by atoms with E-state index in [2.05, 4.69) is 10.3 Å². The normalized spacial score (nSPS) is 10.5. The molecule has 1 aromatic heterocycles. The molecule has 0 unspecified atom stereocenters. The summed E-state index contributed by atoms with van der Waals surface area (Å²) < 4.78 is 5.27. The lowest BCUT2D eigenvalue weighted by Crippen LogP contribution is -2.17. The second-order valence-corrected chi connectivity index (χ2v) is 5.65. The molecule has 26 heavy (non-hydrogen) atoms. The summed E-state index contributed by atoms with van der Waals surface area (Å²) in [6, 6.07) is 11.5. The number of hydrogen-bond donors (Lipinski definition) is 3. The van der Waals surface area contributed by atoms with E-state index in [9.17, 15) is 19.5 Å². The Labute approximate surface area is 148 Å². The number of Topliss-reactive ketones (excluding diaryl/α,β-unsaturated/α-hetero) is 1. The largest absolute Gasteiger partial charge is 0.506 e. The van der Waals surface area contributed by atoms with Gasteiger partial charge < -0.3 is 20.1 Å². The summed E-state index contributed by atoms with van der Waals surface area (Å²) in [4.78, 5) is 38.5. The Morgan fingerprint density at radius 2 is 1.85 bits per heavy atom. The van der Waals surface area contributed by atoms with E-state index in [0.29, 0.717) is 11.3 Å². The van der Waals surface area contributed by atoms with Crippen molar-refractivity contribution in [1.82, 2.24) is 4.98 Å². The molecule has 2 aromatic carbocycles. The molecule has 0 saturated heterocycles. The maximum atomic E-state index is 12.4. The molecule has 1 heterocycles. The Morgan fingerprint density at radius 1 is 1.15 bits per heavy atom. The highest BCUT2D eigenvalue weighted by atomic mass is 16.5. The molecular formula is C19H16N2O5. The molecule has 0 radical (unpaired) electrons. The lowest BCUT2D eigenvalue weighted by atomic mass is 10.1. The number of fused-ring (bicyclic) bond motifs is 1. The third kappa shape index (κ3) is 3.02. The van der Waals surface area contributed by atoms with Gasteiger partial charge in [-0.25, -0.2) is 0 Å². The Morgan fingerprint density at radius 3 is 2.46 bits per heavy atom. The number of aromatic nitrogens is 1. The lowest BCUT2D eigenvalue weighted by Gasteiger charge is -2.13. The van der Waals surface area contributed by atoms with Gasteiger partial charge in [-0.2, -0.15) is 0 Å². The van der Waals surface area contributed by atoms with Crippen LogP contribution in [0.5, 0.6) is 11.5 Å². The Hall–Kier alpha value is -3.61. The molecule has 132 valence electrons. The Bertz CT molecular complexity index is 1070. The van der Waals surface area contributed by atoms with Crippen LogP contribution in [-0.2, 0) is 0 Å². The van der Waals surface area contributed by atoms with Crippen molar-refractivity contribution in [3.63, 3.8) is 0 Å². The third-order valence-corrected chi connectivity index (χ3v) is 3.94. The van der Waals surface area contributed by atoms with Gasteiger partial charge in [-0.3, -0.25) is 14.4 Å². The SMILES string of the molecule is COc1cc2c(O)c(C(C)=O)c(=O)[nH]c2cc1NC(=O)c1ccccc1. The van der Waals surface area contributed by atoms with Gasteiger partial charge in [-0.1, -0.05) is 18.2 Å². The lowest BCUT2D eigenvalue weighted by molar-refractivity contribution is 0.101. The van der Waals surface area contributed by atoms with Gasteiger partial charge >= 0.3 is 0 Å². The predicted molar refractivity (Wildman–Crippen MR) is 97.2 cm³/mol. The van der Waals surface area contributed by atoms with Crippen LogP contribution in [0.4, 0.5) is 5.69 Å². The number of hydrogen-bond acceptors (Lipinski definition) is 5. The highest BCUT2D eigenvalue weighted by Gasteiger charge is 2.18. The van der Waals surface area contributed by atoms with E-state index in [1.165, 1.54) is 26.2 Å². The molecule has 0 atom stereocenters. The van der Waals surface area contributed by atoms with E-state index in [1.54, 1.807) is 30.3 Å². The van der Waals surface area contributed by atoms with Crippen molar-refractivity contribution < 1.29 is 19.4 Å². The minimum Gasteiger partial charge on any atom is -0.506 e. The number of methoxy groups -OCH3 is 1. The quantitative estimate of drug-likeness (QED) is 0.626. The molecular weight excluding hydrogens is 336 g/mol. The first kappa shape index (κ1) is 17.2. The standard InChI is InChI=1S/C19H16N2O5/c1-10(22)16-17(23)12-8-15(26-2)14(9-13(12)20-19(16)25)21-18(24)11-6-4-3-5-7-11/h3-9H,1-2H3,(H,21,24)(H2,20,23,25). The number of ketones is 1. The van der Waals surface area contributed by atoms with Crippen LogP contribution in [0.2, 0.25) is 0 Å². The number of aromatic amines is 1. The molecule has 3 aromatic rings. The number of H-pyrrole nitrogens is 1. The van der Waals surface area contributed by atoms with Crippen LogP contribution in [-0.4, -0.2) is 28.9 Å². The zero-order chi connectivity index (χ0) is 18.8. The number of nitrogens with one attached hydrogen (secondary N) is 2. The number of benzene rings is 2. The van der Waals surface area contributed by atoms with Crippen molar-refractivity contribution in [3.05, 3.63) is 63.9 Å². The molecule has 1 amide bonds. The van der Waals surface area contributed by atoms with Crippen molar-refractivity contribution in [3.8, 4) is 11.5 Å². The van der Waals surface area contributed by atoms with Gasteiger partial charge in [0.2, 0.25) is 0 Å². The number of carbonyl (C=O) groups is 2. The van der Waals surface area contributed by atoms with E-state index < -0.39 is 17.1 Å². The Kier molecular flexibility index (Phi) is 4.45. The van der Waals surface area contributed by atoms with Crippen molar-refractivity contribution in [2.24, 2.45) is 0 Å². The first-order valence-electron chi connectivity index (χ1n) is 7.76. The molecule has 3 N–H and O–H groups in total. The summed E-state index contributed by atoms with van der Waals surface area (Å²) in [7, 11) is 1.41. The van der Waals surface area contributed by atoms with Gasteiger partial charge in [0.15, 0.2) is 5.78 Å². The molecule has 0 aliphatic rings. The molecule has 0 bridgehead atoms. The molecule has 0 fully saturated rings. The minimum absolute atomic E-state index is 0.240. The molecule has 7 nitrogen and oxygen atoms in total. The van der Waals surface area contributed by atoms with Crippen molar-refractivity contribution in [1.29, 1.82) is 0 Å². The van der Waals surface area contributed by atoms with Crippen molar-refractivity contribution >= 4 is 28.3 Å². The van der Waals surface area contributed by atoms with Gasteiger partial charge in [0, 0.05) is 10.9 Å². The van der Waals surface area contributed by atoms with E-state index in [-0.39, 0.29) is 28.1 Å². The highest BCUT2D eigenvalue weighted by molar-refractivity contribution is 6.07. The van der Waals surface area contributed by atoms with E-state index in [1.807, 2.05) is 0 Å². The van der Waals surface area contributed by atoms with Crippen molar-refractivity contribution in [2.75, 3.05) is 12.4 Å². The fraction of sp³-hybridized carbons (Fsp3) is 0.105. The molecule has 0 saturated carbocycles. The van der Waals surface area contributed by atoms with E-state index in [4.69, 9.17) is 4.74 Å². The average Bonchev–Trinajstić information content (AvgIpc) is 2.61. The van der Waals surface area contributed by atoms with Crippen LogP contribution >= 0.6 is 0 Å². The van der Waals surface area contributed by atoms with Crippen LogP contribution in [0.1, 0.15) is 27.6 Å². The fourth-order valence-corrected chi connectivity index (χ4v) is 2.68. The van der Waals surface area contributed by atoms with Gasteiger partial charge in [0.25, 0.3) is 11.5 Å². The molecule has 7 heteroatoms. The molecule has 0 aliphatic heterocycles. The summed E-state index contributed by atoms with van der Waals surface area (Å²) in [6.07, 6.45) is 0. The first-order valence-corrected chi connectivity index (χ1v) is 7.76. The number of ether oxygens (including phenoxy) is 1. The second-order valence-electron chi connectivity index (χ2n) is 5.65. The maximum absolute atomic E-state index is 12.4. The van der Waals surface area contributed by atoms with Gasteiger partial charge in [-0.15, -0.1) is 0 Å². The Balaban J connectivity index is 2.12. The monoisotopic (exact) mass is 352 g/mol. The number of anilines is 1. The van der Waals surface area contributed by atoms with Crippen LogP contribution in [0.25, 0.3) is 10.9 Å². The number of aromatic hydroxyl groups is 1. The first-order chi connectivity index (χ1) is 12.4. The second kappa shape index (κ2) is 6.72. The van der Waals surface area contributed by atoms with Crippen LogP contribution in [0.3, 0.4) is 0 Å². The van der Waals surface area contributed by atoms with Crippen LogP contribution < -0.4 is 15.6 Å². The summed E-state index contributed by atoms with van der Waals surface area (Å²) in [5, 5.41) is 13.2. The van der Waals surface area contributed by atoms with Gasteiger partial charge in [0.1, 0.15) is 17.1 Å². The minimum atomic E-state index is -0.701. The van der Waals surface area contributed by atoms with E-state index >= 15 is 0 Å². The zero-order valence-corrected chi connectivity index (χ0v) is 14.1. The summed E-state index contributed by atoms with van der Waals surface area (Å²) in [5.41, 5.74) is 0.0210. The number of carbonyl (C=O) groups excluding carboxylic acids is 2. The van der Waals surface area contributed by atoms with Gasteiger partial charge in [0.05, 0.1) is 18.3 Å². The summed E-state index contributed by atoms with van der Waals surface area (Å²) in [5.74, 6) is -1.05. The predicted octanol–water partition coefficient (Wildman–Crippen LogP) is 2.70. The smallest absolute Gasteiger partial charge is 0.263 e. The number of pyridine rings is 1. The maximum Gasteiger partial charge on any atom is 0.263 e. The topological polar surface area (TPSA) is 108 Å². The molecule has 0 aliphatic carbocycles. The van der Waals surface area contributed by atoms with Crippen LogP contribution in [0, 0.1) is 0 Å². The number of amides is 1. The zero-order valence-electron chi connectivity index (χ0n) is 14.1. The summed E-state index contributed by atoms with van der Waals surface area (Å²) in [6.45, 7) is 1.20. The van der Waals surface area contributed by atoms with E-state index in [0.717, 1.165) is 0 Å². The molecule has 3 rings (SSSR count). The van der Waals surface area contributed by atoms with Crippen LogP contribution in [0.15, 0.2) is 47.3 Å². The summed E-state index contributed by atoms with van der Waals surface area (Å²) >= 11 is 0. The average molecular weight is 352 g/mol. The third-order valence-electron chi connectivity index (χ3n) is 3.94. The van der Waals surface area contributed by atoms with Gasteiger partial charge in [-0.05, 0) is 31.2 Å². The fourth-order valence-electron chi connectivity index (χ4n) is 2.68. The molecule has 0 spiro atoms.